The minimum absolute atomic E-state index is 0.715. The van der Waals surface area contributed by atoms with Crippen LogP contribution in [0.15, 0.2) is 0 Å². The Morgan fingerprint density at radius 3 is 2.79 bits per heavy atom. The molecule has 0 bridgehead atoms. The van der Waals surface area contributed by atoms with Crippen LogP contribution in [0.3, 0.4) is 0 Å². The van der Waals surface area contributed by atoms with Crippen molar-refractivity contribution in [3.05, 3.63) is 10.0 Å². The molecule has 0 saturated carbocycles. The van der Waals surface area contributed by atoms with Crippen molar-refractivity contribution in [1.82, 2.24) is 14.5 Å². The molecule has 0 radical (unpaired) electrons. The van der Waals surface area contributed by atoms with Crippen molar-refractivity contribution in [2.24, 2.45) is 0 Å². The minimum atomic E-state index is 0.715. The Bertz CT molecular complexity index is 264. The molecule has 5 heteroatoms. The lowest BCUT2D eigenvalue weighted by Crippen LogP contribution is -2.19. The Hall–Kier alpha value is -0.190. The van der Waals surface area contributed by atoms with Crippen molar-refractivity contribution in [3.63, 3.8) is 0 Å². The maximum Gasteiger partial charge on any atom is 0.138 e. The van der Waals surface area contributed by atoms with Crippen LogP contribution in [0.5, 0.6) is 0 Å². The van der Waals surface area contributed by atoms with E-state index in [4.69, 9.17) is 11.6 Å². The zero-order chi connectivity index (χ0) is 10.4. The summed E-state index contributed by atoms with van der Waals surface area (Å²) in [6, 6.07) is 0. The highest BCUT2D eigenvalue weighted by molar-refractivity contribution is 7.10. The largest absolute Gasteiger partial charge is 0.300 e. The van der Waals surface area contributed by atoms with Gasteiger partial charge in [-0.05, 0) is 20.0 Å². The van der Waals surface area contributed by atoms with Crippen molar-refractivity contribution in [1.29, 1.82) is 0 Å². The highest BCUT2D eigenvalue weighted by atomic mass is 35.5. The van der Waals surface area contributed by atoms with Crippen LogP contribution in [-0.2, 0) is 6.54 Å². The van der Waals surface area contributed by atoms with Crippen molar-refractivity contribution in [3.8, 4) is 0 Å². The molecule has 0 spiro atoms. The van der Waals surface area contributed by atoms with Crippen LogP contribution in [0.1, 0.15) is 31.9 Å². The maximum absolute atomic E-state index is 5.91. The van der Waals surface area contributed by atoms with E-state index >= 15 is 0 Å². The lowest BCUT2D eigenvalue weighted by molar-refractivity contribution is 0.314. The Balaban J connectivity index is 2.27. The number of halogens is 1. The maximum atomic E-state index is 5.91. The van der Waals surface area contributed by atoms with Crippen molar-refractivity contribution in [2.75, 3.05) is 13.6 Å². The fourth-order valence-electron chi connectivity index (χ4n) is 1.26. The second kappa shape index (κ2) is 6.32. The molecule has 0 aliphatic rings. The molecule has 0 aliphatic carbocycles. The Morgan fingerprint density at radius 1 is 1.43 bits per heavy atom. The van der Waals surface area contributed by atoms with Gasteiger partial charge in [-0.15, -0.1) is 5.10 Å². The van der Waals surface area contributed by atoms with Crippen LogP contribution in [0.2, 0.25) is 4.34 Å². The fraction of sp³-hybridized carbons (Fsp3) is 0.778. The molecule has 0 unspecified atom stereocenters. The molecule has 1 heterocycles. The molecule has 1 aromatic rings. The van der Waals surface area contributed by atoms with Crippen LogP contribution in [-0.4, -0.2) is 28.1 Å². The van der Waals surface area contributed by atoms with E-state index in [1.807, 2.05) is 0 Å². The Labute approximate surface area is 94.2 Å². The monoisotopic (exact) mass is 233 g/mol. The molecule has 1 rings (SSSR count). The van der Waals surface area contributed by atoms with Gasteiger partial charge in [0, 0.05) is 18.1 Å². The van der Waals surface area contributed by atoms with Gasteiger partial charge in [-0.2, -0.15) is 0 Å². The molecule has 0 aromatic carbocycles. The highest BCUT2D eigenvalue weighted by Crippen LogP contribution is 2.18. The molecule has 0 amide bonds. The first-order valence-electron chi connectivity index (χ1n) is 4.89. The van der Waals surface area contributed by atoms with E-state index in [-0.39, 0.29) is 0 Å². The van der Waals surface area contributed by atoms with E-state index in [1.54, 1.807) is 0 Å². The fourth-order valence-corrected chi connectivity index (χ4v) is 1.87. The highest BCUT2D eigenvalue weighted by Gasteiger charge is 2.07. The summed E-state index contributed by atoms with van der Waals surface area (Å²) in [6.07, 6.45) is 3.78. The van der Waals surface area contributed by atoms with Crippen LogP contribution in [0.4, 0.5) is 0 Å². The lowest BCUT2D eigenvalue weighted by Gasteiger charge is -2.14. The van der Waals surface area contributed by atoms with E-state index in [2.05, 4.69) is 28.5 Å². The topological polar surface area (TPSA) is 29.0 Å². The van der Waals surface area contributed by atoms with E-state index < -0.39 is 0 Å². The standard InChI is InChI=1S/C9H16ClN3S/c1-3-4-5-6-13(2)7-8-9(10)14-12-11-8/h3-7H2,1-2H3. The second-order valence-electron chi connectivity index (χ2n) is 3.44. The molecule has 3 nitrogen and oxygen atoms in total. The van der Waals surface area contributed by atoms with Crippen LogP contribution in [0.25, 0.3) is 0 Å². The van der Waals surface area contributed by atoms with E-state index in [9.17, 15) is 0 Å². The van der Waals surface area contributed by atoms with Gasteiger partial charge in [-0.3, -0.25) is 0 Å². The third-order valence-corrected chi connectivity index (χ3v) is 3.06. The number of nitrogens with zero attached hydrogens (tertiary/aromatic N) is 3. The molecular formula is C9H16ClN3S. The predicted molar refractivity (Wildman–Crippen MR) is 60.8 cm³/mol. The summed E-state index contributed by atoms with van der Waals surface area (Å²) in [5.41, 5.74) is 0.899. The normalized spacial score (nSPS) is 11.1. The molecule has 0 fully saturated rings. The third kappa shape index (κ3) is 3.90. The second-order valence-corrected chi connectivity index (χ2v) is 4.79. The van der Waals surface area contributed by atoms with Gasteiger partial charge in [0.05, 0.1) is 0 Å². The molecule has 0 N–H and O–H groups in total. The molecular weight excluding hydrogens is 218 g/mol. The molecule has 0 atom stereocenters. The Kier molecular flexibility index (Phi) is 5.37. The Morgan fingerprint density at radius 2 is 2.21 bits per heavy atom. The van der Waals surface area contributed by atoms with Gasteiger partial charge in [-0.25, -0.2) is 0 Å². The SMILES string of the molecule is CCCCCN(C)Cc1nnsc1Cl. The van der Waals surface area contributed by atoms with Crippen LogP contribution in [0, 0.1) is 0 Å². The van der Waals surface area contributed by atoms with Gasteiger partial charge < -0.3 is 4.90 Å². The van der Waals surface area contributed by atoms with Gasteiger partial charge >= 0.3 is 0 Å². The molecule has 0 aliphatic heterocycles. The van der Waals surface area contributed by atoms with Crippen molar-refractivity contribution in [2.45, 2.75) is 32.7 Å². The first-order valence-corrected chi connectivity index (χ1v) is 6.04. The summed E-state index contributed by atoms with van der Waals surface area (Å²) in [4.78, 5) is 2.23. The summed E-state index contributed by atoms with van der Waals surface area (Å²) >= 11 is 7.16. The average molecular weight is 234 g/mol. The molecule has 0 saturated heterocycles. The number of unbranched alkanes of at least 4 members (excludes halogenated alkanes) is 2. The summed E-state index contributed by atoms with van der Waals surface area (Å²) in [5.74, 6) is 0. The molecule has 80 valence electrons. The van der Waals surface area contributed by atoms with Crippen LogP contribution >= 0.6 is 23.1 Å². The zero-order valence-electron chi connectivity index (χ0n) is 8.66. The summed E-state index contributed by atoms with van der Waals surface area (Å²) in [5, 5.41) is 3.98. The summed E-state index contributed by atoms with van der Waals surface area (Å²) in [7, 11) is 2.09. The van der Waals surface area contributed by atoms with Crippen LogP contribution < -0.4 is 0 Å². The molecule has 1 aromatic heterocycles. The number of aromatic nitrogens is 2. The first kappa shape index (κ1) is 11.9. The van der Waals surface area contributed by atoms with Gasteiger partial charge in [0.2, 0.25) is 0 Å². The quantitative estimate of drug-likeness (QED) is 0.708. The van der Waals surface area contributed by atoms with Gasteiger partial charge in [0.25, 0.3) is 0 Å². The third-order valence-electron chi connectivity index (χ3n) is 2.07. The number of hydrogen-bond donors (Lipinski definition) is 0. The first-order chi connectivity index (χ1) is 6.74. The van der Waals surface area contributed by atoms with E-state index in [0.29, 0.717) is 4.34 Å². The zero-order valence-corrected chi connectivity index (χ0v) is 10.2. The van der Waals surface area contributed by atoms with Crippen molar-refractivity contribution < 1.29 is 0 Å². The summed E-state index contributed by atoms with van der Waals surface area (Å²) in [6.45, 7) is 4.11. The average Bonchev–Trinajstić information content (AvgIpc) is 2.52. The van der Waals surface area contributed by atoms with Gasteiger partial charge in [0.15, 0.2) is 0 Å². The predicted octanol–water partition coefficient (Wildman–Crippen LogP) is 2.81. The van der Waals surface area contributed by atoms with Gasteiger partial charge in [-0.1, -0.05) is 35.9 Å². The summed E-state index contributed by atoms with van der Waals surface area (Å²) < 4.78 is 4.52. The molecule has 14 heavy (non-hydrogen) atoms. The van der Waals surface area contributed by atoms with Crippen molar-refractivity contribution >= 4 is 23.1 Å². The lowest BCUT2D eigenvalue weighted by atomic mass is 10.2. The van der Waals surface area contributed by atoms with Gasteiger partial charge in [0.1, 0.15) is 10.0 Å². The number of hydrogen-bond acceptors (Lipinski definition) is 4. The number of rotatable bonds is 6. The smallest absolute Gasteiger partial charge is 0.138 e. The minimum Gasteiger partial charge on any atom is -0.300 e. The van der Waals surface area contributed by atoms with E-state index in [0.717, 1.165) is 18.8 Å². The van der Waals surface area contributed by atoms with E-state index in [1.165, 1.54) is 30.8 Å².